The van der Waals surface area contributed by atoms with Gasteiger partial charge in [-0.05, 0) is 61.8 Å². The number of hydrogen-bond donors (Lipinski definition) is 2. The van der Waals surface area contributed by atoms with Crippen molar-refractivity contribution in [3.05, 3.63) is 47.4 Å². The van der Waals surface area contributed by atoms with Gasteiger partial charge in [0.2, 0.25) is 5.88 Å². The third kappa shape index (κ3) is 4.71. The zero-order chi connectivity index (χ0) is 27.7. The van der Waals surface area contributed by atoms with Crippen LogP contribution in [0.5, 0.6) is 5.88 Å². The summed E-state index contributed by atoms with van der Waals surface area (Å²) in [5.41, 5.74) is 8.35. The number of ether oxygens (including phenoxy) is 2. The van der Waals surface area contributed by atoms with E-state index in [1.54, 1.807) is 24.5 Å². The Morgan fingerprint density at radius 3 is 2.54 bits per heavy atom. The van der Waals surface area contributed by atoms with E-state index in [1.165, 1.54) is 6.26 Å². The van der Waals surface area contributed by atoms with Gasteiger partial charge in [0.15, 0.2) is 9.84 Å². The highest BCUT2D eigenvalue weighted by Crippen LogP contribution is 2.46. The van der Waals surface area contributed by atoms with E-state index < -0.39 is 15.4 Å². The highest BCUT2D eigenvalue weighted by atomic mass is 32.2. The van der Waals surface area contributed by atoms with Crippen LogP contribution in [0.3, 0.4) is 0 Å². The molecule has 3 atom stereocenters. The van der Waals surface area contributed by atoms with Crippen molar-refractivity contribution in [1.29, 1.82) is 0 Å². The number of esters is 1. The fourth-order valence-corrected chi connectivity index (χ4v) is 6.61. The van der Waals surface area contributed by atoms with Gasteiger partial charge in [-0.25, -0.2) is 28.2 Å². The number of carbonyl (C=O) groups excluding carboxylic acids is 1. The van der Waals surface area contributed by atoms with Crippen LogP contribution in [-0.4, -0.2) is 53.1 Å². The summed E-state index contributed by atoms with van der Waals surface area (Å²) in [4.78, 5) is 26.2. The first kappa shape index (κ1) is 25.9. The van der Waals surface area contributed by atoms with Crippen LogP contribution < -0.4 is 15.8 Å². The summed E-state index contributed by atoms with van der Waals surface area (Å²) in [6.45, 7) is 5.88. The van der Waals surface area contributed by atoms with Gasteiger partial charge in [-0.15, -0.1) is 0 Å². The molecule has 2 aliphatic carbocycles. The van der Waals surface area contributed by atoms with Crippen molar-refractivity contribution in [2.24, 2.45) is 11.7 Å². The number of nitrogens with one attached hydrogen (secondary N) is 1. The van der Waals surface area contributed by atoms with Gasteiger partial charge in [0, 0.05) is 42.9 Å². The van der Waals surface area contributed by atoms with E-state index in [-0.39, 0.29) is 29.3 Å². The van der Waals surface area contributed by atoms with Crippen LogP contribution >= 0.6 is 0 Å². The van der Waals surface area contributed by atoms with Crippen molar-refractivity contribution in [2.75, 3.05) is 11.6 Å². The molecule has 1 aliphatic heterocycles. The number of pyridine rings is 3. The standard InChI is InChI=1S/C28H33N5O5S/c1-14-15(2)37-27(34)19-7-8-23(33-25(14)19)32-24-11-20-21(12-30-24)26(38-17-9-18(10-17)39(4,35)36)31-13-22(20)28(3,29)16-5-6-16/h7-8,11-18H,5-6,9-10,29H2,1-4H3,(H,30,32,33)/t14-,15-,17?,18?,28-/m0/s1. The van der Waals surface area contributed by atoms with Crippen LogP contribution in [0.25, 0.3) is 10.8 Å². The minimum absolute atomic E-state index is 0.0355. The number of anilines is 2. The third-order valence-corrected chi connectivity index (χ3v) is 10.1. The molecule has 206 valence electrons. The summed E-state index contributed by atoms with van der Waals surface area (Å²) < 4.78 is 35.2. The fraction of sp³-hybridized carbons (Fsp3) is 0.500. The monoisotopic (exact) mass is 551 g/mol. The number of hydrogen-bond acceptors (Lipinski definition) is 10. The van der Waals surface area contributed by atoms with Crippen LogP contribution in [0, 0.1) is 5.92 Å². The van der Waals surface area contributed by atoms with E-state index in [0.29, 0.717) is 47.5 Å². The minimum atomic E-state index is -3.08. The van der Waals surface area contributed by atoms with E-state index >= 15 is 0 Å². The maximum atomic E-state index is 12.3. The minimum Gasteiger partial charge on any atom is -0.474 e. The lowest BCUT2D eigenvalue weighted by atomic mass is 9.86. The quantitative estimate of drug-likeness (QED) is 0.414. The molecular formula is C28H33N5O5S. The molecule has 3 N–H and O–H groups in total. The Morgan fingerprint density at radius 1 is 1.10 bits per heavy atom. The first-order valence-corrected chi connectivity index (χ1v) is 15.3. The van der Waals surface area contributed by atoms with Gasteiger partial charge < -0.3 is 20.5 Å². The fourth-order valence-electron chi connectivity index (χ4n) is 5.48. The number of carbonyl (C=O) groups is 1. The number of rotatable bonds is 7. The number of aromatic nitrogens is 3. The topological polar surface area (TPSA) is 146 Å². The molecule has 3 aliphatic rings. The van der Waals surface area contributed by atoms with Crippen molar-refractivity contribution >= 4 is 38.2 Å². The average molecular weight is 552 g/mol. The number of cyclic esters (lactones) is 1. The van der Waals surface area contributed by atoms with Crippen molar-refractivity contribution in [3.63, 3.8) is 0 Å². The molecule has 0 amide bonds. The second-order valence-electron chi connectivity index (χ2n) is 11.5. The Balaban J connectivity index is 1.34. The van der Waals surface area contributed by atoms with Gasteiger partial charge in [-0.1, -0.05) is 6.92 Å². The maximum Gasteiger partial charge on any atom is 0.340 e. The molecule has 4 heterocycles. The molecule has 39 heavy (non-hydrogen) atoms. The molecule has 3 aromatic heterocycles. The molecule has 10 nitrogen and oxygen atoms in total. The van der Waals surface area contributed by atoms with Gasteiger partial charge in [-0.2, -0.15) is 0 Å². The number of nitrogens with zero attached hydrogens (tertiary/aromatic N) is 3. The highest BCUT2D eigenvalue weighted by Gasteiger charge is 2.42. The summed E-state index contributed by atoms with van der Waals surface area (Å²) in [5.74, 6) is 1.53. The Hall–Kier alpha value is -3.31. The van der Waals surface area contributed by atoms with Crippen molar-refractivity contribution in [2.45, 2.75) is 75.4 Å². The average Bonchev–Trinajstić information content (AvgIpc) is 3.70. The van der Waals surface area contributed by atoms with Gasteiger partial charge in [0.1, 0.15) is 23.8 Å². The molecule has 11 heteroatoms. The Morgan fingerprint density at radius 2 is 1.85 bits per heavy atom. The molecule has 0 saturated heterocycles. The predicted octanol–water partition coefficient (Wildman–Crippen LogP) is 3.97. The van der Waals surface area contributed by atoms with E-state index in [2.05, 4.69) is 15.3 Å². The third-order valence-electron chi connectivity index (χ3n) is 8.51. The summed E-state index contributed by atoms with van der Waals surface area (Å²) in [7, 11) is -3.08. The first-order valence-electron chi connectivity index (χ1n) is 13.3. The molecule has 0 aromatic carbocycles. The smallest absolute Gasteiger partial charge is 0.340 e. The van der Waals surface area contributed by atoms with Crippen molar-refractivity contribution in [3.8, 4) is 5.88 Å². The van der Waals surface area contributed by atoms with E-state index in [9.17, 15) is 13.2 Å². The normalized spacial score (nSPS) is 26.2. The van der Waals surface area contributed by atoms with Crippen LogP contribution in [-0.2, 0) is 20.1 Å². The second kappa shape index (κ2) is 9.12. The van der Waals surface area contributed by atoms with Gasteiger partial charge >= 0.3 is 5.97 Å². The molecule has 0 radical (unpaired) electrons. The highest BCUT2D eigenvalue weighted by molar-refractivity contribution is 7.91. The Bertz CT molecular complexity index is 1580. The molecule has 2 fully saturated rings. The zero-order valence-corrected chi connectivity index (χ0v) is 23.3. The second-order valence-corrected chi connectivity index (χ2v) is 13.8. The summed E-state index contributed by atoms with van der Waals surface area (Å²) in [5, 5.41) is 4.50. The first-order chi connectivity index (χ1) is 18.4. The van der Waals surface area contributed by atoms with E-state index in [0.717, 1.165) is 29.2 Å². The lowest BCUT2D eigenvalue weighted by molar-refractivity contribution is 0.0235. The van der Waals surface area contributed by atoms with E-state index in [1.807, 2.05) is 26.8 Å². The summed E-state index contributed by atoms with van der Waals surface area (Å²) in [6, 6.07) is 5.39. The maximum absolute atomic E-state index is 12.3. The number of fused-ring (bicyclic) bond motifs is 2. The molecule has 2 saturated carbocycles. The predicted molar refractivity (Wildman–Crippen MR) is 147 cm³/mol. The molecular weight excluding hydrogens is 518 g/mol. The van der Waals surface area contributed by atoms with Crippen molar-refractivity contribution < 1.29 is 22.7 Å². The van der Waals surface area contributed by atoms with Crippen molar-refractivity contribution in [1.82, 2.24) is 15.0 Å². The van der Waals surface area contributed by atoms with Crippen LogP contribution in [0.15, 0.2) is 30.6 Å². The largest absolute Gasteiger partial charge is 0.474 e. The summed E-state index contributed by atoms with van der Waals surface area (Å²) >= 11 is 0. The number of nitrogens with two attached hydrogens (primary N) is 1. The number of sulfone groups is 1. The van der Waals surface area contributed by atoms with Crippen LogP contribution in [0.2, 0.25) is 0 Å². The molecule has 0 bridgehead atoms. The zero-order valence-electron chi connectivity index (χ0n) is 22.5. The van der Waals surface area contributed by atoms with Crippen LogP contribution in [0.1, 0.15) is 74.0 Å². The van der Waals surface area contributed by atoms with Gasteiger partial charge in [0.25, 0.3) is 0 Å². The summed E-state index contributed by atoms with van der Waals surface area (Å²) in [6.07, 6.45) is 7.30. The lowest BCUT2D eigenvalue weighted by Crippen LogP contribution is -2.42. The SMILES string of the molecule is C[C@@H]1OC(=O)c2ccc(Nc3cc4c([C@@](C)(N)C5CC5)cnc(OC5CC(S(C)(=O)=O)C5)c4cn3)nc2[C@H]1C. The van der Waals surface area contributed by atoms with Crippen LogP contribution in [0.4, 0.5) is 11.6 Å². The van der Waals surface area contributed by atoms with Gasteiger partial charge in [0.05, 0.1) is 21.9 Å². The molecule has 6 rings (SSSR count). The van der Waals surface area contributed by atoms with Gasteiger partial charge in [-0.3, -0.25) is 0 Å². The lowest BCUT2D eigenvalue weighted by Gasteiger charge is -2.34. The Kier molecular flexibility index (Phi) is 6.07. The molecule has 0 spiro atoms. The molecule has 3 aromatic rings. The van der Waals surface area contributed by atoms with E-state index in [4.69, 9.17) is 20.2 Å². The Labute approximate surface area is 227 Å². The molecule has 0 unspecified atom stereocenters.